The Morgan fingerprint density at radius 2 is 2.06 bits per heavy atom. The maximum Gasteiger partial charge on any atom is 0.153 e. The molecular formula is C14H8FNO2. The highest BCUT2D eigenvalue weighted by molar-refractivity contribution is 5.79. The smallest absolute Gasteiger partial charge is 0.153 e. The molecule has 0 aromatic heterocycles. The van der Waals surface area contributed by atoms with E-state index in [9.17, 15) is 9.18 Å². The molecule has 0 saturated carbocycles. The molecule has 4 heteroatoms. The van der Waals surface area contributed by atoms with Crippen molar-refractivity contribution in [2.75, 3.05) is 0 Å². The first kappa shape index (κ1) is 11.8. The highest BCUT2D eigenvalue weighted by Gasteiger charge is 2.06. The molecule has 0 saturated heterocycles. The van der Waals surface area contributed by atoms with Crippen molar-refractivity contribution >= 4 is 6.29 Å². The van der Waals surface area contributed by atoms with Crippen molar-refractivity contribution in [3.05, 3.63) is 59.4 Å². The van der Waals surface area contributed by atoms with Crippen molar-refractivity contribution in [2.45, 2.75) is 0 Å². The van der Waals surface area contributed by atoms with Gasteiger partial charge in [0.1, 0.15) is 17.3 Å². The standard InChI is InChI=1S/C14H8FNO2/c15-12-4-5-14(11(7-12)9-17)18-13-3-1-2-10(6-13)8-16/h1-7,9H. The molecule has 0 fully saturated rings. The number of carbonyl (C=O) groups excluding carboxylic acids is 1. The maximum absolute atomic E-state index is 12.9. The third-order valence-corrected chi connectivity index (χ3v) is 2.29. The average Bonchev–Trinajstić information content (AvgIpc) is 2.41. The molecule has 0 spiro atoms. The van der Waals surface area contributed by atoms with Gasteiger partial charge in [-0.25, -0.2) is 4.39 Å². The first-order valence-electron chi connectivity index (χ1n) is 5.15. The summed E-state index contributed by atoms with van der Waals surface area (Å²) in [4.78, 5) is 10.8. The van der Waals surface area contributed by atoms with Gasteiger partial charge in [-0.1, -0.05) is 6.07 Å². The summed E-state index contributed by atoms with van der Waals surface area (Å²) < 4.78 is 18.4. The Hall–Kier alpha value is -2.67. The van der Waals surface area contributed by atoms with E-state index < -0.39 is 5.82 Å². The predicted octanol–water partition coefficient (Wildman–Crippen LogP) is 3.30. The predicted molar refractivity (Wildman–Crippen MR) is 63.0 cm³/mol. The van der Waals surface area contributed by atoms with E-state index in [4.69, 9.17) is 10.00 Å². The number of ether oxygens (including phenoxy) is 1. The average molecular weight is 241 g/mol. The minimum absolute atomic E-state index is 0.123. The topological polar surface area (TPSA) is 50.1 Å². The third kappa shape index (κ3) is 2.53. The molecular weight excluding hydrogens is 233 g/mol. The summed E-state index contributed by atoms with van der Waals surface area (Å²) in [6.07, 6.45) is 0.520. The lowest BCUT2D eigenvalue weighted by molar-refractivity contribution is 0.112. The zero-order chi connectivity index (χ0) is 13.0. The number of nitrogens with zero attached hydrogens (tertiary/aromatic N) is 1. The van der Waals surface area contributed by atoms with Gasteiger partial charge in [0, 0.05) is 0 Å². The summed E-state index contributed by atoms with van der Waals surface area (Å²) >= 11 is 0. The number of carbonyl (C=O) groups is 1. The highest BCUT2D eigenvalue weighted by atomic mass is 19.1. The summed E-state index contributed by atoms with van der Waals surface area (Å²) in [6.45, 7) is 0. The molecule has 0 aliphatic heterocycles. The van der Waals surface area contributed by atoms with Crippen LogP contribution < -0.4 is 4.74 Å². The molecule has 0 aliphatic carbocycles. The second kappa shape index (κ2) is 5.11. The maximum atomic E-state index is 12.9. The molecule has 0 amide bonds. The Morgan fingerprint density at radius 1 is 1.22 bits per heavy atom. The van der Waals surface area contributed by atoms with Crippen LogP contribution in [0, 0.1) is 17.1 Å². The van der Waals surface area contributed by atoms with Crippen LogP contribution in [0.15, 0.2) is 42.5 Å². The van der Waals surface area contributed by atoms with Gasteiger partial charge in [-0.15, -0.1) is 0 Å². The van der Waals surface area contributed by atoms with Crippen LogP contribution in [0.3, 0.4) is 0 Å². The lowest BCUT2D eigenvalue weighted by atomic mass is 10.2. The van der Waals surface area contributed by atoms with E-state index in [1.165, 1.54) is 18.2 Å². The summed E-state index contributed by atoms with van der Waals surface area (Å²) in [5.41, 5.74) is 0.569. The molecule has 2 aromatic rings. The molecule has 0 bridgehead atoms. The zero-order valence-corrected chi connectivity index (χ0v) is 9.26. The Kier molecular flexibility index (Phi) is 3.35. The number of halogens is 1. The summed E-state index contributed by atoms with van der Waals surface area (Å²) in [6, 6.07) is 12.1. The van der Waals surface area contributed by atoms with Crippen molar-refractivity contribution < 1.29 is 13.9 Å². The normalized spacial score (nSPS) is 9.56. The van der Waals surface area contributed by atoms with E-state index in [-0.39, 0.29) is 11.3 Å². The molecule has 0 unspecified atom stereocenters. The fraction of sp³-hybridized carbons (Fsp3) is 0. The molecule has 3 nitrogen and oxygen atoms in total. The molecule has 88 valence electrons. The first-order chi connectivity index (χ1) is 8.72. The number of hydrogen-bond acceptors (Lipinski definition) is 3. The van der Waals surface area contributed by atoms with Gasteiger partial charge in [0.25, 0.3) is 0 Å². The number of benzene rings is 2. The molecule has 2 rings (SSSR count). The number of aldehydes is 1. The van der Waals surface area contributed by atoms with E-state index in [2.05, 4.69) is 0 Å². The van der Waals surface area contributed by atoms with Crippen LogP contribution in [0.25, 0.3) is 0 Å². The van der Waals surface area contributed by atoms with Crippen LogP contribution in [0.5, 0.6) is 11.5 Å². The van der Waals surface area contributed by atoms with Crippen LogP contribution in [0.1, 0.15) is 15.9 Å². The van der Waals surface area contributed by atoms with Crippen molar-refractivity contribution in [3.63, 3.8) is 0 Å². The molecule has 0 heterocycles. The van der Waals surface area contributed by atoms with Gasteiger partial charge in [0.2, 0.25) is 0 Å². The van der Waals surface area contributed by atoms with E-state index in [0.29, 0.717) is 17.6 Å². The second-order valence-corrected chi connectivity index (χ2v) is 3.54. The van der Waals surface area contributed by atoms with E-state index >= 15 is 0 Å². The Balaban J connectivity index is 2.34. The van der Waals surface area contributed by atoms with E-state index in [0.717, 1.165) is 6.07 Å². The van der Waals surface area contributed by atoms with Gasteiger partial charge < -0.3 is 4.74 Å². The van der Waals surface area contributed by atoms with Gasteiger partial charge in [0.15, 0.2) is 6.29 Å². The van der Waals surface area contributed by atoms with Crippen molar-refractivity contribution in [2.24, 2.45) is 0 Å². The Labute approximate surface area is 103 Å². The Morgan fingerprint density at radius 3 is 2.78 bits per heavy atom. The molecule has 2 aromatic carbocycles. The van der Waals surface area contributed by atoms with E-state index in [1.54, 1.807) is 18.2 Å². The van der Waals surface area contributed by atoms with Gasteiger partial charge in [-0.3, -0.25) is 4.79 Å². The van der Waals surface area contributed by atoms with Crippen LogP contribution in [0.2, 0.25) is 0 Å². The minimum atomic E-state index is -0.504. The van der Waals surface area contributed by atoms with Crippen LogP contribution in [-0.4, -0.2) is 6.29 Å². The van der Waals surface area contributed by atoms with Gasteiger partial charge in [0.05, 0.1) is 17.2 Å². The zero-order valence-electron chi connectivity index (χ0n) is 9.26. The van der Waals surface area contributed by atoms with Crippen LogP contribution in [-0.2, 0) is 0 Å². The van der Waals surface area contributed by atoms with Gasteiger partial charge in [-0.05, 0) is 36.4 Å². The lowest BCUT2D eigenvalue weighted by Crippen LogP contribution is -1.92. The molecule has 0 atom stereocenters. The second-order valence-electron chi connectivity index (χ2n) is 3.54. The molecule has 0 N–H and O–H groups in total. The molecule has 18 heavy (non-hydrogen) atoms. The van der Waals surface area contributed by atoms with Crippen molar-refractivity contribution in [1.82, 2.24) is 0 Å². The van der Waals surface area contributed by atoms with E-state index in [1.807, 2.05) is 6.07 Å². The first-order valence-corrected chi connectivity index (χ1v) is 5.15. The van der Waals surface area contributed by atoms with Crippen LogP contribution in [0.4, 0.5) is 4.39 Å². The van der Waals surface area contributed by atoms with Gasteiger partial charge in [-0.2, -0.15) is 5.26 Å². The fourth-order valence-electron chi connectivity index (χ4n) is 1.46. The quantitative estimate of drug-likeness (QED) is 0.774. The summed E-state index contributed by atoms with van der Waals surface area (Å²) in [5, 5.41) is 8.75. The SMILES string of the molecule is N#Cc1cccc(Oc2ccc(F)cc2C=O)c1. The van der Waals surface area contributed by atoms with Crippen LogP contribution >= 0.6 is 0 Å². The highest BCUT2D eigenvalue weighted by Crippen LogP contribution is 2.25. The van der Waals surface area contributed by atoms with Crippen molar-refractivity contribution in [1.29, 1.82) is 5.26 Å². The summed E-state index contributed by atoms with van der Waals surface area (Å²) in [5.74, 6) is 0.167. The minimum Gasteiger partial charge on any atom is -0.457 e. The number of hydrogen-bond donors (Lipinski definition) is 0. The lowest BCUT2D eigenvalue weighted by Gasteiger charge is -2.07. The Bertz CT molecular complexity index is 632. The third-order valence-electron chi connectivity index (χ3n) is 2.29. The molecule has 0 radical (unpaired) electrons. The van der Waals surface area contributed by atoms with Crippen molar-refractivity contribution in [3.8, 4) is 17.6 Å². The number of rotatable bonds is 3. The largest absolute Gasteiger partial charge is 0.457 e. The van der Waals surface area contributed by atoms with Gasteiger partial charge >= 0.3 is 0 Å². The fourth-order valence-corrected chi connectivity index (χ4v) is 1.46. The molecule has 0 aliphatic rings. The summed E-state index contributed by atoms with van der Waals surface area (Å²) in [7, 11) is 0. The monoisotopic (exact) mass is 241 g/mol. The number of nitriles is 1.